The number of imide groups is 1. The number of hydrogen-bond donors (Lipinski definition) is 1. The Morgan fingerprint density at radius 1 is 0.818 bits per heavy atom. The van der Waals surface area contributed by atoms with Gasteiger partial charge in [-0.1, -0.05) is 60.7 Å². The second-order valence-electron chi connectivity index (χ2n) is 7.78. The summed E-state index contributed by atoms with van der Waals surface area (Å²) in [5.74, 6) is -2.53. The quantitative estimate of drug-likeness (QED) is 0.463. The summed E-state index contributed by atoms with van der Waals surface area (Å²) >= 11 is 0. The fourth-order valence-electron chi connectivity index (χ4n) is 3.78. The Labute approximate surface area is 191 Å². The minimum atomic E-state index is -1.26. The van der Waals surface area contributed by atoms with Crippen molar-refractivity contribution in [2.75, 3.05) is 11.9 Å². The molecule has 0 fully saturated rings. The Balaban J connectivity index is 1.54. The van der Waals surface area contributed by atoms with Crippen LogP contribution in [0.1, 0.15) is 43.5 Å². The van der Waals surface area contributed by atoms with E-state index < -0.39 is 36.3 Å². The van der Waals surface area contributed by atoms with Gasteiger partial charge in [-0.25, -0.2) is 0 Å². The lowest BCUT2D eigenvalue weighted by molar-refractivity contribution is -0.154. The fraction of sp³-hybridized carbons (Fsp3) is 0.154. The number of esters is 1. The highest BCUT2D eigenvalue weighted by Gasteiger charge is 2.37. The van der Waals surface area contributed by atoms with E-state index in [1.54, 1.807) is 42.5 Å². The normalized spacial score (nSPS) is 13.5. The summed E-state index contributed by atoms with van der Waals surface area (Å²) in [6.45, 7) is 3.15. The zero-order chi connectivity index (χ0) is 23.5. The third-order valence-corrected chi connectivity index (χ3v) is 5.48. The third-order valence-electron chi connectivity index (χ3n) is 5.48. The maximum Gasteiger partial charge on any atom is 0.327 e. The average Bonchev–Trinajstić information content (AvgIpc) is 3.05. The molecule has 33 heavy (non-hydrogen) atoms. The molecule has 0 aliphatic carbocycles. The molecule has 0 aromatic heterocycles. The van der Waals surface area contributed by atoms with Crippen LogP contribution in [-0.2, 0) is 14.3 Å². The van der Waals surface area contributed by atoms with E-state index in [0.717, 1.165) is 16.0 Å². The van der Waals surface area contributed by atoms with E-state index in [1.807, 2.05) is 32.0 Å². The Bertz CT molecular complexity index is 1200. The van der Waals surface area contributed by atoms with Crippen molar-refractivity contribution in [3.8, 4) is 0 Å². The number of anilines is 1. The third kappa shape index (κ3) is 4.39. The van der Waals surface area contributed by atoms with E-state index in [4.69, 9.17) is 4.74 Å². The van der Waals surface area contributed by atoms with Crippen molar-refractivity contribution in [3.63, 3.8) is 0 Å². The molecule has 0 spiro atoms. The topological polar surface area (TPSA) is 92.8 Å². The number of carbonyl (C=O) groups excluding carboxylic acids is 4. The molecule has 3 aromatic carbocycles. The van der Waals surface area contributed by atoms with Gasteiger partial charge in [0.1, 0.15) is 6.54 Å². The molecule has 0 bridgehead atoms. The van der Waals surface area contributed by atoms with E-state index >= 15 is 0 Å². The largest absolute Gasteiger partial charge is 0.446 e. The number of nitrogens with one attached hydrogen (secondary N) is 1. The number of nitrogens with zero attached hydrogens (tertiary/aromatic N) is 1. The Morgan fingerprint density at radius 3 is 1.94 bits per heavy atom. The first-order valence-corrected chi connectivity index (χ1v) is 10.4. The Hall–Kier alpha value is -4.26. The van der Waals surface area contributed by atoms with Crippen LogP contribution in [0.2, 0.25) is 0 Å². The fourth-order valence-corrected chi connectivity index (χ4v) is 3.78. The van der Waals surface area contributed by atoms with Crippen LogP contribution >= 0.6 is 0 Å². The molecule has 166 valence electrons. The molecule has 3 amide bonds. The maximum absolute atomic E-state index is 13.2. The second kappa shape index (κ2) is 9.08. The summed E-state index contributed by atoms with van der Waals surface area (Å²) in [6, 6.07) is 20.6. The van der Waals surface area contributed by atoms with Crippen LogP contribution in [0.5, 0.6) is 0 Å². The number of amides is 3. The van der Waals surface area contributed by atoms with Crippen molar-refractivity contribution >= 4 is 29.4 Å². The molecule has 1 atom stereocenters. The first-order valence-electron chi connectivity index (χ1n) is 10.4. The van der Waals surface area contributed by atoms with Crippen LogP contribution in [-0.4, -0.2) is 35.1 Å². The number of rotatable bonds is 6. The van der Waals surface area contributed by atoms with Gasteiger partial charge in [0, 0.05) is 11.3 Å². The minimum absolute atomic E-state index is 0.239. The molecule has 7 heteroatoms. The highest BCUT2D eigenvalue weighted by molar-refractivity contribution is 6.22. The van der Waals surface area contributed by atoms with E-state index in [0.29, 0.717) is 11.3 Å². The predicted molar refractivity (Wildman–Crippen MR) is 122 cm³/mol. The van der Waals surface area contributed by atoms with Gasteiger partial charge in [0.2, 0.25) is 6.10 Å². The standard InChI is InChI=1S/C26H22N2O5/c1-16-9-8-10-17(2)22(16)27-24(30)23(18-11-4-3-5-12-18)33-21(29)15-28-25(31)19-13-6-7-14-20(19)26(28)32/h3-14,23H,15H2,1-2H3,(H,27,30). The summed E-state index contributed by atoms with van der Waals surface area (Å²) in [5.41, 5.74) is 3.32. The molecular formula is C26H22N2O5. The van der Waals surface area contributed by atoms with E-state index in [-0.39, 0.29) is 11.1 Å². The lowest BCUT2D eigenvalue weighted by atomic mass is 10.1. The van der Waals surface area contributed by atoms with E-state index in [1.165, 1.54) is 12.1 Å². The molecule has 1 N–H and O–H groups in total. The van der Waals surface area contributed by atoms with Gasteiger partial charge in [0.05, 0.1) is 11.1 Å². The summed E-state index contributed by atoms with van der Waals surface area (Å²) in [6.07, 6.45) is -1.26. The lowest BCUT2D eigenvalue weighted by Gasteiger charge is -2.21. The molecule has 1 unspecified atom stereocenters. The smallest absolute Gasteiger partial charge is 0.327 e. The average molecular weight is 442 g/mol. The van der Waals surface area contributed by atoms with Crippen molar-refractivity contribution < 1.29 is 23.9 Å². The van der Waals surface area contributed by atoms with Crippen LogP contribution in [0.4, 0.5) is 5.69 Å². The van der Waals surface area contributed by atoms with Crippen molar-refractivity contribution in [2.45, 2.75) is 20.0 Å². The van der Waals surface area contributed by atoms with Crippen molar-refractivity contribution in [1.29, 1.82) is 0 Å². The number of carbonyl (C=O) groups is 4. The number of aryl methyl sites for hydroxylation is 2. The molecule has 3 aromatic rings. The molecule has 0 radical (unpaired) electrons. The van der Waals surface area contributed by atoms with E-state index in [9.17, 15) is 19.2 Å². The van der Waals surface area contributed by atoms with Gasteiger partial charge in [-0.2, -0.15) is 0 Å². The second-order valence-corrected chi connectivity index (χ2v) is 7.78. The molecule has 1 heterocycles. The van der Waals surface area contributed by atoms with Crippen LogP contribution in [0.15, 0.2) is 72.8 Å². The molecule has 1 aliphatic heterocycles. The maximum atomic E-state index is 13.2. The molecule has 0 saturated carbocycles. The van der Waals surface area contributed by atoms with Gasteiger partial charge in [0.25, 0.3) is 17.7 Å². The van der Waals surface area contributed by atoms with Gasteiger partial charge in [-0.3, -0.25) is 24.1 Å². The molecule has 1 aliphatic rings. The Kier molecular flexibility index (Phi) is 6.04. The number of fused-ring (bicyclic) bond motifs is 1. The minimum Gasteiger partial charge on any atom is -0.446 e. The lowest BCUT2D eigenvalue weighted by Crippen LogP contribution is -2.37. The summed E-state index contributed by atoms with van der Waals surface area (Å²) in [7, 11) is 0. The molecule has 4 rings (SSSR count). The van der Waals surface area contributed by atoms with Gasteiger partial charge in [-0.05, 0) is 37.1 Å². The highest BCUT2D eigenvalue weighted by Crippen LogP contribution is 2.26. The number of hydrogen-bond acceptors (Lipinski definition) is 5. The SMILES string of the molecule is Cc1cccc(C)c1NC(=O)C(OC(=O)CN1C(=O)c2ccccc2C1=O)c1ccccc1. The number of para-hydroxylation sites is 1. The molecule has 0 saturated heterocycles. The first-order chi connectivity index (χ1) is 15.9. The zero-order valence-electron chi connectivity index (χ0n) is 18.2. The number of benzene rings is 3. The molecule has 7 nitrogen and oxygen atoms in total. The van der Waals surface area contributed by atoms with Gasteiger partial charge < -0.3 is 10.1 Å². The summed E-state index contributed by atoms with van der Waals surface area (Å²) in [4.78, 5) is 51.9. The highest BCUT2D eigenvalue weighted by atomic mass is 16.5. The summed E-state index contributed by atoms with van der Waals surface area (Å²) in [5, 5.41) is 2.84. The van der Waals surface area contributed by atoms with Crippen LogP contribution in [0.3, 0.4) is 0 Å². The van der Waals surface area contributed by atoms with Crippen LogP contribution in [0, 0.1) is 13.8 Å². The molecular weight excluding hydrogens is 420 g/mol. The van der Waals surface area contributed by atoms with Crippen molar-refractivity contribution in [2.24, 2.45) is 0 Å². The summed E-state index contributed by atoms with van der Waals surface area (Å²) < 4.78 is 5.51. The van der Waals surface area contributed by atoms with Crippen molar-refractivity contribution in [1.82, 2.24) is 4.90 Å². The van der Waals surface area contributed by atoms with Crippen LogP contribution < -0.4 is 5.32 Å². The van der Waals surface area contributed by atoms with Gasteiger partial charge in [0.15, 0.2) is 0 Å². The van der Waals surface area contributed by atoms with Gasteiger partial charge in [-0.15, -0.1) is 0 Å². The monoisotopic (exact) mass is 442 g/mol. The zero-order valence-corrected chi connectivity index (χ0v) is 18.2. The van der Waals surface area contributed by atoms with Gasteiger partial charge >= 0.3 is 5.97 Å². The van der Waals surface area contributed by atoms with E-state index in [2.05, 4.69) is 5.32 Å². The van der Waals surface area contributed by atoms with Crippen molar-refractivity contribution in [3.05, 3.63) is 101 Å². The van der Waals surface area contributed by atoms with Crippen LogP contribution in [0.25, 0.3) is 0 Å². The Morgan fingerprint density at radius 2 is 1.36 bits per heavy atom. The first kappa shape index (κ1) is 22.0. The predicted octanol–water partition coefficient (Wildman–Crippen LogP) is 3.82. The number of ether oxygens (including phenoxy) is 1.